The quantitative estimate of drug-likeness (QED) is 0.624. The highest BCUT2D eigenvalue weighted by Gasteiger charge is 2.17. The number of carboxylic acid groups (broad SMARTS) is 1. The van der Waals surface area contributed by atoms with E-state index in [0.717, 1.165) is 18.2 Å². The lowest BCUT2D eigenvalue weighted by atomic mass is 9.97. The van der Waals surface area contributed by atoms with Gasteiger partial charge in [0, 0.05) is 5.33 Å². The van der Waals surface area contributed by atoms with E-state index in [9.17, 15) is 9.59 Å². The number of amides is 1. The number of primary amides is 1. The van der Waals surface area contributed by atoms with Gasteiger partial charge in [-0.15, -0.1) is 0 Å². The van der Waals surface area contributed by atoms with E-state index < -0.39 is 11.9 Å². The Balaban J connectivity index is 3.07. The van der Waals surface area contributed by atoms with Crippen molar-refractivity contribution >= 4 is 27.8 Å². The number of rotatable bonds is 6. The van der Waals surface area contributed by atoms with Gasteiger partial charge in [0.2, 0.25) is 5.91 Å². The molecule has 92 valence electrons. The SMILES string of the molecule is NC(=O)c1cccc(CCCCBr)c1C(=O)O. The summed E-state index contributed by atoms with van der Waals surface area (Å²) in [7, 11) is 0. The maximum Gasteiger partial charge on any atom is 0.336 e. The van der Waals surface area contributed by atoms with Crippen LogP contribution in [0.15, 0.2) is 18.2 Å². The largest absolute Gasteiger partial charge is 0.478 e. The first-order valence-electron chi connectivity index (χ1n) is 5.29. The van der Waals surface area contributed by atoms with Crippen LogP contribution in [-0.2, 0) is 6.42 Å². The van der Waals surface area contributed by atoms with Gasteiger partial charge in [0.25, 0.3) is 0 Å². The number of alkyl halides is 1. The molecule has 0 unspecified atom stereocenters. The Morgan fingerprint density at radius 1 is 1.29 bits per heavy atom. The third-order valence-electron chi connectivity index (χ3n) is 2.46. The second-order valence-electron chi connectivity index (χ2n) is 3.66. The fraction of sp³-hybridized carbons (Fsp3) is 0.333. The van der Waals surface area contributed by atoms with Crippen LogP contribution in [0.5, 0.6) is 0 Å². The fourth-order valence-corrected chi connectivity index (χ4v) is 2.07. The van der Waals surface area contributed by atoms with Crippen molar-refractivity contribution in [2.45, 2.75) is 19.3 Å². The molecule has 0 radical (unpaired) electrons. The number of unbranched alkanes of at least 4 members (excludes halogenated alkanes) is 1. The van der Waals surface area contributed by atoms with Crippen molar-refractivity contribution in [2.75, 3.05) is 5.33 Å². The Morgan fingerprint density at radius 2 is 2.00 bits per heavy atom. The molecule has 3 N–H and O–H groups in total. The zero-order valence-electron chi connectivity index (χ0n) is 9.28. The van der Waals surface area contributed by atoms with Gasteiger partial charge in [-0.05, 0) is 30.9 Å². The number of halogens is 1. The number of nitrogens with two attached hydrogens (primary N) is 1. The molecule has 1 rings (SSSR count). The van der Waals surface area contributed by atoms with Gasteiger partial charge in [-0.1, -0.05) is 28.1 Å². The molecule has 0 saturated heterocycles. The van der Waals surface area contributed by atoms with Gasteiger partial charge in [0.05, 0.1) is 11.1 Å². The predicted molar refractivity (Wildman–Crippen MR) is 68.7 cm³/mol. The van der Waals surface area contributed by atoms with Crippen LogP contribution in [0.4, 0.5) is 0 Å². The molecule has 0 bridgehead atoms. The third kappa shape index (κ3) is 3.56. The molecule has 0 saturated carbocycles. The normalized spacial score (nSPS) is 10.2. The summed E-state index contributed by atoms with van der Waals surface area (Å²) >= 11 is 3.32. The number of carboxylic acids is 1. The summed E-state index contributed by atoms with van der Waals surface area (Å²) in [5.74, 6) is -1.81. The molecule has 17 heavy (non-hydrogen) atoms. The van der Waals surface area contributed by atoms with Gasteiger partial charge in [-0.3, -0.25) is 4.79 Å². The standard InChI is InChI=1S/C12H14BrNO3/c13-7-2-1-4-8-5-3-6-9(11(14)15)10(8)12(16)17/h3,5-6H,1-2,4,7H2,(H2,14,15)(H,16,17). The topological polar surface area (TPSA) is 80.4 Å². The van der Waals surface area contributed by atoms with E-state index >= 15 is 0 Å². The zero-order chi connectivity index (χ0) is 12.8. The fourth-order valence-electron chi connectivity index (χ4n) is 1.68. The lowest BCUT2D eigenvalue weighted by Gasteiger charge is -2.09. The molecule has 0 spiro atoms. The first-order valence-corrected chi connectivity index (χ1v) is 6.41. The molecule has 0 aliphatic carbocycles. The van der Waals surface area contributed by atoms with Crippen LogP contribution in [0.2, 0.25) is 0 Å². The van der Waals surface area contributed by atoms with Crippen LogP contribution in [-0.4, -0.2) is 22.3 Å². The summed E-state index contributed by atoms with van der Waals surface area (Å²) in [5, 5.41) is 10.0. The van der Waals surface area contributed by atoms with Crippen LogP contribution in [0.25, 0.3) is 0 Å². The minimum atomic E-state index is -1.10. The van der Waals surface area contributed by atoms with Crippen LogP contribution in [0.3, 0.4) is 0 Å². The smallest absolute Gasteiger partial charge is 0.336 e. The van der Waals surface area contributed by atoms with Crippen molar-refractivity contribution in [3.8, 4) is 0 Å². The predicted octanol–water partition coefficient (Wildman–Crippen LogP) is 2.20. The Kier molecular flexibility index (Phi) is 5.15. The molecule has 0 atom stereocenters. The summed E-state index contributed by atoms with van der Waals surface area (Å²) in [5.41, 5.74) is 5.94. The molecule has 5 heteroatoms. The minimum absolute atomic E-state index is 0.0366. The monoisotopic (exact) mass is 299 g/mol. The third-order valence-corrected chi connectivity index (χ3v) is 3.02. The van der Waals surface area contributed by atoms with E-state index in [2.05, 4.69) is 15.9 Å². The maximum atomic E-state index is 11.2. The zero-order valence-corrected chi connectivity index (χ0v) is 10.9. The highest BCUT2D eigenvalue weighted by molar-refractivity contribution is 9.09. The molecule has 4 nitrogen and oxygen atoms in total. The van der Waals surface area contributed by atoms with Crippen molar-refractivity contribution < 1.29 is 14.7 Å². The molecule has 1 aromatic rings. The summed E-state index contributed by atoms with van der Waals surface area (Å²) in [4.78, 5) is 22.3. The summed E-state index contributed by atoms with van der Waals surface area (Å²) in [6.45, 7) is 0. The summed E-state index contributed by atoms with van der Waals surface area (Å²) in [6.07, 6.45) is 2.46. The highest BCUT2D eigenvalue weighted by atomic mass is 79.9. The van der Waals surface area contributed by atoms with Gasteiger partial charge in [-0.2, -0.15) is 0 Å². The van der Waals surface area contributed by atoms with Crippen molar-refractivity contribution in [2.24, 2.45) is 5.73 Å². The Hall–Kier alpha value is -1.36. The summed E-state index contributed by atoms with van der Waals surface area (Å²) in [6, 6.07) is 4.83. The average Bonchev–Trinajstić information content (AvgIpc) is 2.28. The molecule has 0 aliphatic heterocycles. The van der Waals surface area contributed by atoms with Crippen LogP contribution in [0.1, 0.15) is 39.1 Å². The van der Waals surface area contributed by atoms with Crippen LogP contribution < -0.4 is 5.73 Å². The lowest BCUT2D eigenvalue weighted by Crippen LogP contribution is -2.18. The molecule has 0 aliphatic rings. The summed E-state index contributed by atoms with van der Waals surface area (Å²) < 4.78 is 0. The molecule has 0 fully saturated rings. The van der Waals surface area contributed by atoms with E-state index in [1.807, 2.05) is 0 Å². The van der Waals surface area contributed by atoms with Gasteiger partial charge >= 0.3 is 5.97 Å². The average molecular weight is 300 g/mol. The highest BCUT2D eigenvalue weighted by Crippen LogP contribution is 2.17. The van der Waals surface area contributed by atoms with Crippen molar-refractivity contribution in [1.29, 1.82) is 0 Å². The van der Waals surface area contributed by atoms with Crippen molar-refractivity contribution in [1.82, 2.24) is 0 Å². The van der Waals surface area contributed by atoms with E-state index in [4.69, 9.17) is 10.8 Å². The first kappa shape index (κ1) is 13.7. The van der Waals surface area contributed by atoms with Crippen molar-refractivity contribution in [3.05, 3.63) is 34.9 Å². The Bertz CT molecular complexity index is 432. The molecule has 0 aromatic heterocycles. The van der Waals surface area contributed by atoms with Gasteiger partial charge in [0.1, 0.15) is 0 Å². The van der Waals surface area contributed by atoms with E-state index in [1.165, 1.54) is 6.07 Å². The van der Waals surface area contributed by atoms with E-state index in [-0.39, 0.29) is 11.1 Å². The number of aryl methyl sites for hydroxylation is 1. The van der Waals surface area contributed by atoms with E-state index in [0.29, 0.717) is 12.0 Å². The van der Waals surface area contributed by atoms with Crippen LogP contribution >= 0.6 is 15.9 Å². The Labute approximate surface area is 108 Å². The first-order chi connectivity index (χ1) is 8.07. The molecule has 0 heterocycles. The molecule has 1 aromatic carbocycles. The van der Waals surface area contributed by atoms with Gasteiger partial charge in [-0.25, -0.2) is 4.79 Å². The molecular weight excluding hydrogens is 286 g/mol. The second-order valence-corrected chi connectivity index (χ2v) is 4.45. The molecular formula is C12H14BrNO3. The maximum absolute atomic E-state index is 11.2. The number of aromatic carboxylic acids is 1. The number of hydrogen-bond acceptors (Lipinski definition) is 2. The lowest BCUT2D eigenvalue weighted by molar-refractivity contribution is 0.0690. The number of benzene rings is 1. The second kappa shape index (κ2) is 6.39. The van der Waals surface area contributed by atoms with Crippen molar-refractivity contribution in [3.63, 3.8) is 0 Å². The van der Waals surface area contributed by atoms with Gasteiger partial charge < -0.3 is 10.8 Å². The number of hydrogen-bond donors (Lipinski definition) is 2. The number of carbonyl (C=O) groups excluding carboxylic acids is 1. The number of carbonyl (C=O) groups is 2. The Morgan fingerprint density at radius 3 is 2.53 bits per heavy atom. The van der Waals surface area contributed by atoms with Gasteiger partial charge in [0.15, 0.2) is 0 Å². The van der Waals surface area contributed by atoms with Crippen LogP contribution in [0, 0.1) is 0 Å². The molecule has 1 amide bonds. The minimum Gasteiger partial charge on any atom is -0.478 e. The van der Waals surface area contributed by atoms with E-state index in [1.54, 1.807) is 12.1 Å².